The van der Waals surface area contributed by atoms with Crippen molar-refractivity contribution in [3.8, 4) is 0 Å². The number of aryl methyl sites for hydroxylation is 1. The second-order valence-electron chi connectivity index (χ2n) is 12.3. The second kappa shape index (κ2) is 11.7. The fourth-order valence-electron chi connectivity index (χ4n) is 6.49. The predicted octanol–water partition coefficient (Wildman–Crippen LogP) is 2.39. The molecule has 0 saturated carbocycles. The SMILES string of the molecule is CC(=O)OC1C2C(OC1n1cc(C)c(=O)[nH]c1=O)C(CO[Si](c1ccccc1)(c1ccccc1)C(C)(C)C)N2C(=O)C(F)(F)F. The molecule has 5 rings (SSSR count). The third-order valence-electron chi connectivity index (χ3n) is 8.40. The van der Waals surface area contributed by atoms with Gasteiger partial charge in [-0.3, -0.25) is 23.9 Å². The molecule has 240 valence electrons. The molecule has 2 aliphatic heterocycles. The molecule has 2 aromatic carbocycles. The van der Waals surface area contributed by atoms with Gasteiger partial charge in [-0.1, -0.05) is 81.4 Å². The quantitative estimate of drug-likeness (QED) is 0.310. The molecule has 1 amide bonds. The summed E-state index contributed by atoms with van der Waals surface area (Å²) in [5.74, 6) is -3.00. The Morgan fingerprint density at radius 3 is 2.02 bits per heavy atom. The monoisotopic (exact) mass is 645 g/mol. The van der Waals surface area contributed by atoms with Crippen LogP contribution in [0.15, 0.2) is 76.4 Å². The van der Waals surface area contributed by atoms with Crippen LogP contribution in [0.5, 0.6) is 0 Å². The molecule has 14 heteroatoms. The lowest BCUT2D eigenvalue weighted by Gasteiger charge is -2.53. The first-order valence-corrected chi connectivity index (χ1v) is 16.3. The predicted molar refractivity (Wildman–Crippen MR) is 160 cm³/mol. The molecule has 1 aromatic heterocycles. The summed E-state index contributed by atoms with van der Waals surface area (Å²) in [6, 6.07) is 16.3. The summed E-state index contributed by atoms with van der Waals surface area (Å²) in [4.78, 5) is 52.6. The number of aromatic amines is 1. The van der Waals surface area contributed by atoms with Gasteiger partial charge in [0, 0.05) is 18.7 Å². The van der Waals surface area contributed by atoms with Crippen LogP contribution in [0.25, 0.3) is 0 Å². The highest BCUT2D eigenvalue weighted by Crippen LogP contribution is 2.47. The summed E-state index contributed by atoms with van der Waals surface area (Å²) in [6.45, 7) is 8.17. The molecule has 45 heavy (non-hydrogen) atoms. The van der Waals surface area contributed by atoms with Gasteiger partial charge in [0.15, 0.2) is 12.3 Å². The summed E-state index contributed by atoms with van der Waals surface area (Å²) in [7, 11) is -3.25. The number of esters is 1. The molecule has 3 heterocycles. The summed E-state index contributed by atoms with van der Waals surface area (Å²) in [6.07, 6.45) is -8.08. The van der Waals surface area contributed by atoms with E-state index in [0.29, 0.717) is 4.90 Å². The lowest BCUT2D eigenvalue weighted by atomic mass is 9.87. The van der Waals surface area contributed by atoms with Gasteiger partial charge < -0.3 is 18.8 Å². The lowest BCUT2D eigenvalue weighted by molar-refractivity contribution is -0.214. The minimum absolute atomic E-state index is 0.119. The van der Waals surface area contributed by atoms with Crippen LogP contribution in [0.3, 0.4) is 0 Å². The highest BCUT2D eigenvalue weighted by atomic mass is 28.4. The van der Waals surface area contributed by atoms with Gasteiger partial charge in [0.1, 0.15) is 12.1 Å². The van der Waals surface area contributed by atoms with Crippen LogP contribution in [0.2, 0.25) is 5.04 Å². The van der Waals surface area contributed by atoms with Gasteiger partial charge in [0.25, 0.3) is 13.9 Å². The number of alkyl halides is 3. The number of halogens is 3. The van der Waals surface area contributed by atoms with E-state index in [-0.39, 0.29) is 12.2 Å². The van der Waals surface area contributed by atoms with E-state index in [2.05, 4.69) is 4.98 Å². The fraction of sp³-hybridized carbons (Fsp3) is 0.419. The second-order valence-corrected chi connectivity index (χ2v) is 16.6. The number of H-pyrrole nitrogens is 1. The molecular formula is C31H34F3N3O7Si. The molecule has 3 aromatic rings. The molecule has 10 nitrogen and oxygen atoms in total. The minimum Gasteiger partial charge on any atom is -0.455 e. The summed E-state index contributed by atoms with van der Waals surface area (Å²) >= 11 is 0. The Balaban J connectivity index is 1.59. The maximum atomic E-state index is 14.0. The maximum absolute atomic E-state index is 14.0. The van der Waals surface area contributed by atoms with Gasteiger partial charge in [-0.15, -0.1) is 0 Å². The van der Waals surface area contributed by atoms with Crippen LogP contribution in [0.4, 0.5) is 13.2 Å². The van der Waals surface area contributed by atoms with Gasteiger partial charge in [-0.05, 0) is 22.3 Å². The number of likely N-dealkylation sites (tertiary alicyclic amines) is 1. The third kappa shape index (κ3) is 5.66. The summed E-state index contributed by atoms with van der Waals surface area (Å²) in [5.41, 5.74) is -1.46. The van der Waals surface area contributed by atoms with Crippen molar-refractivity contribution in [3.05, 3.63) is 93.3 Å². The van der Waals surface area contributed by atoms with Gasteiger partial charge in [-0.2, -0.15) is 13.2 Å². The number of hydrogen-bond acceptors (Lipinski definition) is 7. The first-order chi connectivity index (χ1) is 21.1. The molecule has 5 atom stereocenters. The van der Waals surface area contributed by atoms with Gasteiger partial charge in [0.2, 0.25) is 0 Å². The Bertz CT molecular complexity index is 1650. The number of hydrogen-bond donors (Lipinski definition) is 1. The van der Waals surface area contributed by atoms with Crippen molar-refractivity contribution in [1.82, 2.24) is 14.5 Å². The normalized spacial score (nSPS) is 23.3. The van der Waals surface area contributed by atoms with Crippen LogP contribution >= 0.6 is 0 Å². The number of rotatable bonds is 7. The Kier molecular flexibility index (Phi) is 8.44. The van der Waals surface area contributed by atoms with E-state index in [4.69, 9.17) is 13.9 Å². The number of benzene rings is 2. The minimum atomic E-state index is -5.26. The number of amides is 1. The largest absolute Gasteiger partial charge is 0.471 e. The van der Waals surface area contributed by atoms with E-state index < -0.39 is 73.2 Å². The van der Waals surface area contributed by atoms with E-state index in [0.717, 1.165) is 21.9 Å². The van der Waals surface area contributed by atoms with E-state index >= 15 is 0 Å². The van der Waals surface area contributed by atoms with Crippen molar-refractivity contribution in [2.45, 2.75) is 76.4 Å². The Labute approximate surface area is 257 Å². The molecule has 1 N–H and O–H groups in total. The van der Waals surface area contributed by atoms with Crippen molar-refractivity contribution in [3.63, 3.8) is 0 Å². The van der Waals surface area contributed by atoms with E-state index in [1.165, 1.54) is 13.1 Å². The highest BCUT2D eigenvalue weighted by molar-refractivity contribution is 6.99. The molecule has 5 unspecified atom stereocenters. The number of nitrogens with zero attached hydrogens (tertiary/aromatic N) is 2. The van der Waals surface area contributed by atoms with Gasteiger partial charge >= 0.3 is 23.7 Å². The Hall–Kier alpha value is -4.01. The summed E-state index contributed by atoms with van der Waals surface area (Å²) < 4.78 is 61.5. The van der Waals surface area contributed by atoms with Crippen LogP contribution < -0.4 is 21.6 Å². The molecular weight excluding hydrogens is 611 g/mol. The number of ether oxygens (including phenoxy) is 2. The number of nitrogens with one attached hydrogen (secondary N) is 1. The van der Waals surface area contributed by atoms with Gasteiger partial charge in [-0.25, -0.2) is 4.79 Å². The van der Waals surface area contributed by atoms with Crippen molar-refractivity contribution in [2.75, 3.05) is 6.61 Å². The average Bonchev–Trinajstić information content (AvgIpc) is 3.25. The maximum Gasteiger partial charge on any atom is 0.471 e. The number of carbonyl (C=O) groups excluding carboxylic acids is 2. The molecule has 0 aliphatic carbocycles. The van der Waals surface area contributed by atoms with E-state index in [1.54, 1.807) is 0 Å². The van der Waals surface area contributed by atoms with Crippen molar-refractivity contribution < 1.29 is 36.7 Å². The number of aromatic nitrogens is 2. The zero-order valence-electron chi connectivity index (χ0n) is 25.3. The zero-order chi connectivity index (χ0) is 32.9. The van der Waals surface area contributed by atoms with Crippen molar-refractivity contribution >= 4 is 30.6 Å². The molecule has 0 radical (unpaired) electrons. The molecule has 2 aliphatic rings. The third-order valence-corrected chi connectivity index (χ3v) is 13.4. The molecule has 0 spiro atoms. The van der Waals surface area contributed by atoms with E-state index in [1.807, 2.05) is 81.4 Å². The van der Waals surface area contributed by atoms with Crippen molar-refractivity contribution in [2.24, 2.45) is 0 Å². The molecule has 2 fully saturated rings. The first-order valence-electron chi connectivity index (χ1n) is 14.4. The van der Waals surface area contributed by atoms with Crippen molar-refractivity contribution in [1.29, 1.82) is 0 Å². The Morgan fingerprint density at radius 1 is 0.978 bits per heavy atom. The van der Waals surface area contributed by atoms with Crippen LogP contribution in [0.1, 0.15) is 39.5 Å². The lowest BCUT2D eigenvalue weighted by Crippen LogP contribution is -2.75. The fourth-order valence-corrected chi connectivity index (χ4v) is 11.1. The number of carbonyl (C=O) groups is 2. The highest BCUT2D eigenvalue weighted by Gasteiger charge is 2.67. The smallest absolute Gasteiger partial charge is 0.455 e. The standard InChI is InChI=1S/C31H34F3N3O7Si/c1-18-16-36(29(41)35-26(18)39)27-25(43-19(2)38)23-24(44-27)22(37(23)28(40)31(32,33)34)17-42-45(30(3,4)5,20-12-8-6-9-13-20)21-14-10-7-11-15-21/h6-16,22-25,27H,17H2,1-5H3,(H,35,39,41). The summed E-state index contributed by atoms with van der Waals surface area (Å²) in [5, 5.41) is 1.25. The first kappa shape index (κ1) is 32.4. The van der Waals surface area contributed by atoms with Gasteiger partial charge in [0.05, 0.1) is 12.6 Å². The van der Waals surface area contributed by atoms with Crippen LogP contribution in [-0.4, -0.2) is 71.7 Å². The average molecular weight is 646 g/mol. The van der Waals surface area contributed by atoms with Crippen LogP contribution in [0, 0.1) is 6.92 Å². The topological polar surface area (TPSA) is 120 Å². The number of fused-ring (bicyclic) bond motifs is 1. The molecule has 0 bridgehead atoms. The molecule has 2 saturated heterocycles. The van der Waals surface area contributed by atoms with Crippen LogP contribution in [-0.2, 0) is 23.5 Å². The zero-order valence-corrected chi connectivity index (χ0v) is 26.3. The van der Waals surface area contributed by atoms with E-state index in [9.17, 15) is 32.3 Å². The Morgan fingerprint density at radius 2 is 1.53 bits per heavy atom.